The summed E-state index contributed by atoms with van der Waals surface area (Å²) in [6, 6.07) is 1.76. The third kappa shape index (κ3) is 6.69. The van der Waals surface area contributed by atoms with Crippen molar-refractivity contribution in [3.05, 3.63) is 0 Å². The predicted octanol–water partition coefficient (Wildman–Crippen LogP) is 6.46. The maximum Gasteiger partial charge on any atom is 0.328 e. The van der Waals surface area contributed by atoms with Crippen molar-refractivity contribution >= 4 is 5.97 Å². The highest BCUT2D eigenvalue weighted by Gasteiger charge is 2.44. The smallest absolute Gasteiger partial charge is 0.328 e. The molecule has 0 aromatic carbocycles. The molecule has 172 valence electrons. The van der Waals surface area contributed by atoms with Crippen LogP contribution in [0.1, 0.15) is 110 Å². The SMILES string of the molecule is CCC1(C2CCCCC2)CCCCC1.CCCCCC1OCC(C#N)(C(=O)O)CO1. The van der Waals surface area contributed by atoms with Gasteiger partial charge in [-0.2, -0.15) is 5.26 Å². The van der Waals surface area contributed by atoms with Gasteiger partial charge in [0.1, 0.15) is 0 Å². The zero-order valence-electron chi connectivity index (χ0n) is 19.3. The Morgan fingerprint density at radius 2 is 1.60 bits per heavy atom. The molecule has 0 amide bonds. The van der Waals surface area contributed by atoms with Crippen LogP contribution in [0.25, 0.3) is 0 Å². The number of ether oxygens (including phenoxy) is 2. The van der Waals surface area contributed by atoms with Crippen LogP contribution in [-0.4, -0.2) is 30.6 Å². The number of aliphatic carboxylic acids is 1. The van der Waals surface area contributed by atoms with Gasteiger partial charge in [-0.05, 0) is 49.9 Å². The summed E-state index contributed by atoms with van der Waals surface area (Å²) in [7, 11) is 0. The molecule has 0 aromatic rings. The van der Waals surface area contributed by atoms with Crippen LogP contribution in [0.4, 0.5) is 0 Å². The second-order valence-electron chi connectivity index (χ2n) is 9.66. The van der Waals surface area contributed by atoms with Crippen LogP contribution in [0, 0.1) is 28.1 Å². The first-order valence-corrected chi connectivity index (χ1v) is 12.4. The Kier molecular flexibility index (Phi) is 10.6. The zero-order chi connectivity index (χ0) is 21.9. The Morgan fingerprint density at radius 1 is 1.00 bits per heavy atom. The highest BCUT2D eigenvalue weighted by molar-refractivity contribution is 5.78. The number of unbranched alkanes of at least 4 members (excludes halogenated alkanes) is 2. The molecule has 3 fully saturated rings. The largest absolute Gasteiger partial charge is 0.480 e. The van der Waals surface area contributed by atoms with Gasteiger partial charge in [0.05, 0.1) is 19.3 Å². The van der Waals surface area contributed by atoms with E-state index < -0.39 is 11.4 Å². The first-order valence-electron chi connectivity index (χ1n) is 12.4. The second kappa shape index (κ2) is 12.7. The number of carbonyl (C=O) groups is 1. The van der Waals surface area contributed by atoms with Gasteiger partial charge in [-0.3, -0.25) is 4.79 Å². The van der Waals surface area contributed by atoms with Crippen molar-refractivity contribution in [2.24, 2.45) is 16.7 Å². The van der Waals surface area contributed by atoms with Crippen LogP contribution in [0.5, 0.6) is 0 Å². The summed E-state index contributed by atoms with van der Waals surface area (Å²) in [6.07, 6.45) is 20.4. The summed E-state index contributed by atoms with van der Waals surface area (Å²) in [5.74, 6) is -0.0800. The van der Waals surface area contributed by atoms with Crippen molar-refractivity contribution in [3.63, 3.8) is 0 Å². The minimum Gasteiger partial charge on any atom is -0.480 e. The Morgan fingerprint density at radius 3 is 2.10 bits per heavy atom. The van der Waals surface area contributed by atoms with Crippen LogP contribution in [-0.2, 0) is 14.3 Å². The highest BCUT2D eigenvalue weighted by Crippen LogP contribution is 2.50. The Labute approximate surface area is 183 Å². The van der Waals surface area contributed by atoms with Crippen molar-refractivity contribution in [1.29, 1.82) is 5.26 Å². The fraction of sp³-hybridized carbons (Fsp3) is 0.920. The van der Waals surface area contributed by atoms with E-state index >= 15 is 0 Å². The maximum atomic E-state index is 10.9. The maximum absolute atomic E-state index is 10.9. The van der Waals surface area contributed by atoms with Gasteiger partial charge in [0.25, 0.3) is 0 Å². The number of nitriles is 1. The lowest BCUT2D eigenvalue weighted by molar-refractivity contribution is -0.224. The average molecular weight is 422 g/mol. The Hall–Kier alpha value is -1.12. The van der Waals surface area contributed by atoms with Crippen molar-refractivity contribution in [3.8, 4) is 6.07 Å². The van der Waals surface area contributed by atoms with Crippen LogP contribution in [0.2, 0.25) is 0 Å². The summed E-state index contributed by atoms with van der Waals surface area (Å²) < 4.78 is 10.5. The van der Waals surface area contributed by atoms with Crippen molar-refractivity contribution in [2.45, 2.75) is 116 Å². The summed E-state index contributed by atoms with van der Waals surface area (Å²) in [4.78, 5) is 10.9. The molecular formula is C25H43NO4. The fourth-order valence-corrected chi connectivity index (χ4v) is 5.55. The summed E-state index contributed by atoms with van der Waals surface area (Å²) in [6.45, 7) is 4.37. The molecule has 0 atom stereocenters. The fourth-order valence-electron chi connectivity index (χ4n) is 5.55. The number of nitrogens with zero attached hydrogens (tertiary/aromatic N) is 1. The number of hydrogen-bond donors (Lipinski definition) is 1. The number of rotatable bonds is 7. The summed E-state index contributed by atoms with van der Waals surface area (Å²) in [5.41, 5.74) is -0.736. The normalized spacial score (nSPS) is 29.3. The van der Waals surface area contributed by atoms with E-state index in [-0.39, 0.29) is 19.5 Å². The van der Waals surface area contributed by atoms with E-state index in [1.54, 1.807) is 31.8 Å². The molecule has 3 aliphatic rings. The third-order valence-corrected chi connectivity index (χ3v) is 7.72. The number of carboxylic acids is 1. The minimum atomic E-state index is -1.53. The van der Waals surface area contributed by atoms with Gasteiger partial charge < -0.3 is 14.6 Å². The molecule has 1 heterocycles. The molecule has 1 aliphatic heterocycles. The lowest BCUT2D eigenvalue weighted by Crippen LogP contribution is -2.46. The molecule has 0 bridgehead atoms. The van der Waals surface area contributed by atoms with Gasteiger partial charge >= 0.3 is 5.97 Å². The van der Waals surface area contributed by atoms with Crippen molar-refractivity contribution in [1.82, 2.24) is 0 Å². The molecule has 3 rings (SSSR count). The summed E-state index contributed by atoms with van der Waals surface area (Å²) >= 11 is 0. The van der Waals surface area contributed by atoms with E-state index in [2.05, 4.69) is 13.8 Å². The van der Waals surface area contributed by atoms with E-state index in [0.717, 1.165) is 37.0 Å². The van der Waals surface area contributed by atoms with Crippen molar-refractivity contribution < 1.29 is 19.4 Å². The molecule has 30 heavy (non-hydrogen) atoms. The van der Waals surface area contributed by atoms with Gasteiger partial charge in [0.15, 0.2) is 6.29 Å². The quantitative estimate of drug-likeness (QED) is 0.477. The molecule has 0 unspecified atom stereocenters. The van der Waals surface area contributed by atoms with E-state index in [1.807, 2.05) is 0 Å². The lowest BCUT2D eigenvalue weighted by Gasteiger charge is -2.45. The molecule has 0 radical (unpaired) electrons. The second-order valence-corrected chi connectivity index (χ2v) is 9.66. The molecule has 2 aliphatic carbocycles. The van der Waals surface area contributed by atoms with E-state index in [4.69, 9.17) is 19.8 Å². The first-order chi connectivity index (χ1) is 14.5. The van der Waals surface area contributed by atoms with Gasteiger partial charge in [0, 0.05) is 0 Å². The van der Waals surface area contributed by atoms with E-state index in [1.165, 1.54) is 44.9 Å². The third-order valence-electron chi connectivity index (χ3n) is 7.72. The molecule has 2 saturated carbocycles. The molecule has 5 nitrogen and oxygen atoms in total. The molecule has 1 saturated heterocycles. The van der Waals surface area contributed by atoms with Gasteiger partial charge in [0.2, 0.25) is 5.41 Å². The van der Waals surface area contributed by atoms with E-state index in [0.29, 0.717) is 0 Å². The van der Waals surface area contributed by atoms with Gasteiger partial charge in [-0.15, -0.1) is 0 Å². The Balaban J connectivity index is 0.000000215. The lowest BCUT2D eigenvalue weighted by atomic mass is 9.60. The standard InChI is InChI=1S/C14H26.C11H17NO4/c1-2-14(11-7-4-8-12-14)13-9-5-3-6-10-13;1-2-3-4-5-9-15-7-11(6-12,8-16-9)10(13)14/h13H,2-12H2,1H3;9H,2-5,7-8H2,1H3,(H,13,14). The molecule has 0 aromatic heterocycles. The van der Waals surface area contributed by atoms with Crippen molar-refractivity contribution in [2.75, 3.05) is 13.2 Å². The average Bonchev–Trinajstić information content (AvgIpc) is 2.81. The Bertz CT molecular complexity index is 536. The topological polar surface area (TPSA) is 79.5 Å². The monoisotopic (exact) mass is 421 g/mol. The molecule has 1 N–H and O–H groups in total. The van der Waals surface area contributed by atoms with E-state index in [9.17, 15) is 4.79 Å². The van der Waals surface area contributed by atoms with Gasteiger partial charge in [-0.1, -0.05) is 71.6 Å². The first kappa shape index (κ1) is 25.1. The number of hydrogen-bond acceptors (Lipinski definition) is 4. The van der Waals surface area contributed by atoms with Crippen LogP contribution >= 0.6 is 0 Å². The molecule has 5 heteroatoms. The summed E-state index contributed by atoms with van der Waals surface area (Å²) in [5, 5.41) is 17.7. The van der Waals surface area contributed by atoms with Gasteiger partial charge in [-0.25, -0.2) is 0 Å². The van der Waals surface area contributed by atoms with Crippen LogP contribution < -0.4 is 0 Å². The number of carboxylic acid groups (broad SMARTS) is 1. The highest BCUT2D eigenvalue weighted by atomic mass is 16.7. The zero-order valence-corrected chi connectivity index (χ0v) is 19.3. The predicted molar refractivity (Wildman–Crippen MR) is 118 cm³/mol. The minimum absolute atomic E-state index is 0.0877. The molecule has 0 spiro atoms. The molecular weight excluding hydrogens is 378 g/mol. The van der Waals surface area contributed by atoms with Crippen LogP contribution in [0.15, 0.2) is 0 Å². The van der Waals surface area contributed by atoms with Crippen LogP contribution in [0.3, 0.4) is 0 Å².